The van der Waals surface area contributed by atoms with Crippen LogP contribution in [-0.2, 0) is 11.3 Å². The van der Waals surface area contributed by atoms with Crippen LogP contribution < -0.4 is 0 Å². The summed E-state index contributed by atoms with van der Waals surface area (Å²) in [6.45, 7) is 5.16. The number of nitrogens with zero attached hydrogens (tertiary/aromatic N) is 3. The largest absolute Gasteiger partial charge is 0.383 e. The van der Waals surface area contributed by atoms with Crippen LogP contribution in [0.3, 0.4) is 0 Å². The van der Waals surface area contributed by atoms with E-state index in [0.717, 1.165) is 16.3 Å². The Kier molecular flexibility index (Phi) is 5.52. The number of ether oxygens (including phenoxy) is 1. The third-order valence-corrected chi connectivity index (χ3v) is 4.20. The van der Waals surface area contributed by atoms with E-state index in [1.54, 1.807) is 13.4 Å². The van der Waals surface area contributed by atoms with Crippen molar-refractivity contribution >= 4 is 17.5 Å². The first-order chi connectivity index (χ1) is 10.1. The van der Waals surface area contributed by atoms with E-state index >= 15 is 0 Å². The van der Waals surface area contributed by atoms with Gasteiger partial charge < -0.3 is 9.30 Å². The summed E-state index contributed by atoms with van der Waals surface area (Å²) < 4.78 is 6.95. The van der Waals surface area contributed by atoms with Gasteiger partial charge in [0.1, 0.15) is 6.33 Å². The molecule has 6 heteroatoms. The molecule has 0 saturated carbocycles. The molecule has 0 amide bonds. The highest BCUT2D eigenvalue weighted by Gasteiger charge is 2.19. The predicted molar refractivity (Wildman–Crippen MR) is 82.7 cm³/mol. The number of hydrogen-bond donors (Lipinski definition) is 0. The minimum absolute atomic E-state index is 0.0984. The first kappa shape index (κ1) is 15.7. The summed E-state index contributed by atoms with van der Waals surface area (Å²) in [4.78, 5) is 12.4. The molecule has 0 fully saturated rings. The molecule has 0 aliphatic heterocycles. The number of aryl methyl sites for hydroxylation is 1. The smallest absolute Gasteiger partial charge is 0.191 e. The number of methoxy groups -OCH3 is 1. The van der Waals surface area contributed by atoms with Crippen molar-refractivity contribution in [2.24, 2.45) is 0 Å². The molecule has 1 aromatic heterocycles. The zero-order chi connectivity index (χ0) is 15.2. The topological polar surface area (TPSA) is 57.0 Å². The van der Waals surface area contributed by atoms with Gasteiger partial charge in [0.15, 0.2) is 10.9 Å². The van der Waals surface area contributed by atoms with Crippen LogP contribution in [0.1, 0.15) is 22.8 Å². The van der Waals surface area contributed by atoms with E-state index < -0.39 is 0 Å². The van der Waals surface area contributed by atoms with Gasteiger partial charge in [-0.25, -0.2) is 0 Å². The van der Waals surface area contributed by atoms with Crippen molar-refractivity contribution in [3.8, 4) is 0 Å². The molecule has 21 heavy (non-hydrogen) atoms. The zero-order valence-corrected chi connectivity index (χ0v) is 13.3. The van der Waals surface area contributed by atoms with Gasteiger partial charge in [-0.15, -0.1) is 10.2 Å². The molecule has 1 unspecified atom stereocenters. The molecule has 1 aromatic carbocycles. The fraction of sp³-hybridized carbons (Fsp3) is 0.400. The van der Waals surface area contributed by atoms with Gasteiger partial charge in [-0.1, -0.05) is 41.6 Å². The van der Waals surface area contributed by atoms with Crippen molar-refractivity contribution in [1.29, 1.82) is 0 Å². The van der Waals surface area contributed by atoms with Gasteiger partial charge in [0.2, 0.25) is 0 Å². The van der Waals surface area contributed by atoms with Crippen molar-refractivity contribution in [2.45, 2.75) is 30.8 Å². The number of aromatic nitrogens is 3. The molecule has 2 aromatic rings. The lowest BCUT2D eigenvalue weighted by Crippen LogP contribution is -2.15. The second-order valence-corrected chi connectivity index (χ2v) is 6.10. The van der Waals surface area contributed by atoms with E-state index in [0.29, 0.717) is 13.2 Å². The third kappa shape index (κ3) is 4.15. The van der Waals surface area contributed by atoms with Crippen LogP contribution in [0.2, 0.25) is 0 Å². The summed E-state index contributed by atoms with van der Waals surface area (Å²) in [7, 11) is 1.65. The number of thioether (sulfide) groups is 1. The molecular formula is C15H19N3O2S. The van der Waals surface area contributed by atoms with E-state index in [9.17, 15) is 4.79 Å². The molecule has 5 nitrogen and oxygen atoms in total. The first-order valence-corrected chi connectivity index (χ1v) is 7.64. The molecule has 112 valence electrons. The average molecular weight is 305 g/mol. The quantitative estimate of drug-likeness (QED) is 0.581. The summed E-state index contributed by atoms with van der Waals surface area (Å²) >= 11 is 1.42. The SMILES string of the molecule is COCCn1cnnc1SC(C)C(=O)c1ccc(C)cc1. The van der Waals surface area contributed by atoms with E-state index in [1.165, 1.54) is 11.8 Å². The Hall–Kier alpha value is -1.66. The highest BCUT2D eigenvalue weighted by Crippen LogP contribution is 2.24. The number of rotatable bonds is 7. The number of Topliss-reactive ketones (excluding diaryl/α,β-unsaturated/α-hetero) is 1. The maximum absolute atomic E-state index is 12.4. The lowest BCUT2D eigenvalue weighted by atomic mass is 10.1. The normalized spacial score (nSPS) is 12.3. The maximum atomic E-state index is 12.4. The van der Waals surface area contributed by atoms with Gasteiger partial charge in [0.25, 0.3) is 0 Å². The molecule has 2 rings (SSSR count). The molecule has 1 heterocycles. The minimum Gasteiger partial charge on any atom is -0.383 e. The van der Waals surface area contributed by atoms with E-state index in [-0.39, 0.29) is 11.0 Å². The van der Waals surface area contributed by atoms with Crippen LogP contribution in [0, 0.1) is 6.92 Å². The number of carbonyl (C=O) groups is 1. The number of ketones is 1. The molecule has 0 radical (unpaired) electrons. The fourth-order valence-corrected chi connectivity index (χ4v) is 2.77. The highest BCUT2D eigenvalue weighted by atomic mass is 32.2. The second kappa shape index (κ2) is 7.38. The zero-order valence-electron chi connectivity index (χ0n) is 12.4. The van der Waals surface area contributed by atoms with Gasteiger partial charge >= 0.3 is 0 Å². The summed E-state index contributed by atoms with van der Waals surface area (Å²) in [6, 6.07) is 7.63. The third-order valence-electron chi connectivity index (χ3n) is 3.10. The lowest BCUT2D eigenvalue weighted by molar-refractivity contribution is 0.0994. The van der Waals surface area contributed by atoms with E-state index in [2.05, 4.69) is 10.2 Å². The maximum Gasteiger partial charge on any atom is 0.191 e. The number of benzene rings is 1. The molecule has 0 bridgehead atoms. The summed E-state index contributed by atoms with van der Waals surface area (Å²) in [5, 5.41) is 8.49. The molecular weight excluding hydrogens is 286 g/mol. The monoisotopic (exact) mass is 305 g/mol. The van der Waals surface area contributed by atoms with Crippen LogP contribution in [0.5, 0.6) is 0 Å². The summed E-state index contributed by atoms with van der Waals surface area (Å²) in [6.07, 6.45) is 1.66. The van der Waals surface area contributed by atoms with Gasteiger partial charge in [0.05, 0.1) is 11.9 Å². The minimum atomic E-state index is -0.210. The van der Waals surface area contributed by atoms with Gasteiger partial charge in [0, 0.05) is 19.2 Å². The van der Waals surface area contributed by atoms with Crippen LogP contribution in [0.15, 0.2) is 35.7 Å². The highest BCUT2D eigenvalue weighted by molar-refractivity contribution is 8.00. The molecule has 0 aliphatic carbocycles. The van der Waals surface area contributed by atoms with E-state index in [4.69, 9.17) is 4.74 Å². The van der Waals surface area contributed by atoms with Crippen LogP contribution >= 0.6 is 11.8 Å². The van der Waals surface area contributed by atoms with Crippen LogP contribution in [0.25, 0.3) is 0 Å². The Labute approximate surface area is 128 Å². The van der Waals surface area contributed by atoms with Crippen molar-refractivity contribution in [2.75, 3.05) is 13.7 Å². The Morgan fingerprint density at radius 1 is 1.38 bits per heavy atom. The Morgan fingerprint density at radius 2 is 2.10 bits per heavy atom. The van der Waals surface area contributed by atoms with Gasteiger partial charge in [-0.2, -0.15) is 0 Å². The molecule has 0 aliphatic rings. The van der Waals surface area contributed by atoms with Crippen molar-refractivity contribution in [3.05, 3.63) is 41.7 Å². The van der Waals surface area contributed by atoms with Gasteiger partial charge in [-0.3, -0.25) is 4.79 Å². The molecule has 0 spiro atoms. The first-order valence-electron chi connectivity index (χ1n) is 6.76. The Bertz CT molecular complexity index is 595. The van der Waals surface area contributed by atoms with Gasteiger partial charge in [-0.05, 0) is 13.8 Å². The van der Waals surface area contributed by atoms with Crippen LogP contribution in [0.4, 0.5) is 0 Å². The summed E-state index contributed by atoms with van der Waals surface area (Å²) in [5.41, 5.74) is 1.87. The van der Waals surface area contributed by atoms with Crippen molar-refractivity contribution in [1.82, 2.24) is 14.8 Å². The molecule has 0 N–H and O–H groups in total. The second-order valence-electron chi connectivity index (χ2n) is 4.79. The van der Waals surface area contributed by atoms with Crippen molar-refractivity contribution < 1.29 is 9.53 Å². The predicted octanol–water partition coefficient (Wildman–Crippen LogP) is 2.60. The molecule has 0 saturated heterocycles. The fourth-order valence-electron chi connectivity index (χ4n) is 1.84. The Balaban J connectivity index is 2.03. The summed E-state index contributed by atoms with van der Waals surface area (Å²) in [5.74, 6) is 0.0984. The lowest BCUT2D eigenvalue weighted by Gasteiger charge is -2.11. The van der Waals surface area contributed by atoms with Crippen LogP contribution in [-0.4, -0.2) is 39.5 Å². The average Bonchev–Trinajstić information content (AvgIpc) is 2.92. The van der Waals surface area contributed by atoms with E-state index in [1.807, 2.05) is 42.7 Å². The number of hydrogen-bond acceptors (Lipinski definition) is 5. The molecule has 1 atom stereocenters. The van der Waals surface area contributed by atoms with Crippen molar-refractivity contribution in [3.63, 3.8) is 0 Å². The Morgan fingerprint density at radius 3 is 2.76 bits per heavy atom. The standard InChI is InChI=1S/C15H19N3O2S/c1-11-4-6-13(7-5-11)14(19)12(2)21-15-17-16-10-18(15)8-9-20-3/h4-7,10,12H,8-9H2,1-3H3. The number of carbonyl (C=O) groups excluding carboxylic acids is 1.